The Morgan fingerprint density at radius 1 is 1.33 bits per heavy atom. The Kier molecular flexibility index (Phi) is 3.58. The van der Waals surface area contributed by atoms with Crippen molar-refractivity contribution in [1.29, 1.82) is 0 Å². The summed E-state index contributed by atoms with van der Waals surface area (Å²) in [6.07, 6.45) is 3.34. The summed E-state index contributed by atoms with van der Waals surface area (Å²) in [5, 5.41) is 2.69. The molecule has 1 amide bonds. The molecule has 0 atom stereocenters. The van der Waals surface area contributed by atoms with Crippen LogP contribution in [0.1, 0.15) is 20.1 Å². The Labute approximate surface area is 126 Å². The minimum Gasteiger partial charge on any atom is -0.482 e. The molecule has 4 nitrogen and oxygen atoms in total. The van der Waals surface area contributed by atoms with Crippen molar-refractivity contribution in [3.05, 3.63) is 51.7 Å². The molecule has 2 heterocycles. The largest absolute Gasteiger partial charge is 0.482 e. The molecule has 1 aliphatic rings. The Bertz CT molecular complexity index is 746. The van der Waals surface area contributed by atoms with E-state index in [1.807, 2.05) is 19.1 Å². The lowest BCUT2D eigenvalue weighted by Gasteiger charge is -2.17. The van der Waals surface area contributed by atoms with Gasteiger partial charge in [0.2, 0.25) is 0 Å². The average molecular weight is 299 g/mol. The molecule has 0 radical (unpaired) electrons. The highest BCUT2D eigenvalue weighted by Gasteiger charge is 2.17. The molecule has 2 aromatic rings. The van der Waals surface area contributed by atoms with Crippen molar-refractivity contribution in [2.75, 3.05) is 11.9 Å². The number of ketones is 1. The molecule has 1 N–H and O–H groups in total. The second kappa shape index (κ2) is 5.54. The van der Waals surface area contributed by atoms with Crippen LogP contribution in [-0.4, -0.2) is 18.3 Å². The Hall–Kier alpha value is -2.40. The topological polar surface area (TPSA) is 55.4 Å². The van der Waals surface area contributed by atoms with Crippen molar-refractivity contribution in [1.82, 2.24) is 0 Å². The van der Waals surface area contributed by atoms with Gasteiger partial charge >= 0.3 is 0 Å². The summed E-state index contributed by atoms with van der Waals surface area (Å²) in [5.74, 6) is 0.268. The molecule has 0 saturated heterocycles. The van der Waals surface area contributed by atoms with E-state index in [-0.39, 0.29) is 18.3 Å². The molecular weight excluding hydrogens is 286 g/mol. The van der Waals surface area contributed by atoms with Crippen molar-refractivity contribution in [3.63, 3.8) is 0 Å². The van der Waals surface area contributed by atoms with Crippen LogP contribution in [0.4, 0.5) is 5.69 Å². The first-order chi connectivity index (χ1) is 10.1. The van der Waals surface area contributed by atoms with E-state index >= 15 is 0 Å². The number of ether oxygens (including phenoxy) is 1. The quantitative estimate of drug-likeness (QED) is 0.699. The van der Waals surface area contributed by atoms with Crippen LogP contribution in [-0.2, 0) is 4.79 Å². The van der Waals surface area contributed by atoms with Crippen LogP contribution in [0.25, 0.3) is 6.08 Å². The van der Waals surface area contributed by atoms with Crippen molar-refractivity contribution in [2.45, 2.75) is 6.92 Å². The smallest absolute Gasteiger partial charge is 0.262 e. The standard InChI is InChI=1S/C16H13NO3S/c1-10-2-4-12(21-10)5-6-14(18)11-3-7-15-13(8-11)17-16(19)9-20-15/h2-8H,9H2,1H3,(H,17,19)/b6-5+. The van der Waals surface area contributed by atoms with E-state index in [0.717, 1.165) is 4.88 Å². The molecule has 3 rings (SSSR count). The third kappa shape index (κ3) is 3.03. The van der Waals surface area contributed by atoms with Gasteiger partial charge in [-0.25, -0.2) is 0 Å². The van der Waals surface area contributed by atoms with Crippen LogP contribution in [0, 0.1) is 6.92 Å². The third-order valence-corrected chi connectivity index (χ3v) is 4.02. The molecule has 0 spiro atoms. The number of benzene rings is 1. The van der Waals surface area contributed by atoms with Crippen LogP contribution in [0.2, 0.25) is 0 Å². The summed E-state index contributed by atoms with van der Waals surface area (Å²) < 4.78 is 5.26. The maximum Gasteiger partial charge on any atom is 0.262 e. The number of carbonyl (C=O) groups excluding carboxylic acids is 2. The molecular formula is C16H13NO3S. The maximum absolute atomic E-state index is 12.2. The Morgan fingerprint density at radius 2 is 2.19 bits per heavy atom. The van der Waals surface area contributed by atoms with E-state index in [1.165, 1.54) is 4.88 Å². The lowest BCUT2D eigenvalue weighted by Crippen LogP contribution is -2.25. The highest BCUT2D eigenvalue weighted by molar-refractivity contribution is 7.12. The molecule has 0 bridgehead atoms. The molecule has 0 fully saturated rings. The van der Waals surface area contributed by atoms with E-state index in [1.54, 1.807) is 41.7 Å². The minimum absolute atomic E-state index is 0.0118. The van der Waals surface area contributed by atoms with Gasteiger partial charge < -0.3 is 10.1 Å². The van der Waals surface area contributed by atoms with Gasteiger partial charge in [-0.2, -0.15) is 0 Å². The van der Waals surface area contributed by atoms with Gasteiger partial charge in [0.1, 0.15) is 5.75 Å². The summed E-state index contributed by atoms with van der Waals surface area (Å²) in [5.41, 5.74) is 1.06. The van der Waals surface area contributed by atoms with E-state index in [0.29, 0.717) is 17.0 Å². The van der Waals surface area contributed by atoms with Crippen molar-refractivity contribution in [3.8, 4) is 5.75 Å². The van der Waals surface area contributed by atoms with E-state index in [9.17, 15) is 9.59 Å². The molecule has 5 heteroatoms. The fourth-order valence-corrected chi connectivity index (χ4v) is 2.81. The predicted octanol–water partition coefficient (Wildman–Crippen LogP) is 3.28. The number of fused-ring (bicyclic) bond motifs is 1. The van der Waals surface area contributed by atoms with Crippen LogP contribution < -0.4 is 10.1 Å². The predicted molar refractivity (Wildman–Crippen MR) is 83.0 cm³/mol. The van der Waals surface area contributed by atoms with Crippen LogP contribution in [0.15, 0.2) is 36.4 Å². The number of anilines is 1. The van der Waals surface area contributed by atoms with Gasteiger partial charge in [-0.3, -0.25) is 9.59 Å². The number of allylic oxidation sites excluding steroid dienone is 1. The highest BCUT2D eigenvalue weighted by Crippen LogP contribution is 2.28. The Balaban J connectivity index is 1.80. The zero-order valence-electron chi connectivity index (χ0n) is 11.4. The van der Waals surface area contributed by atoms with Gasteiger partial charge in [-0.05, 0) is 49.4 Å². The van der Waals surface area contributed by atoms with Gasteiger partial charge in [-0.15, -0.1) is 11.3 Å². The SMILES string of the molecule is Cc1ccc(/C=C/C(=O)c2ccc3c(c2)NC(=O)CO3)s1. The lowest BCUT2D eigenvalue weighted by atomic mass is 10.1. The van der Waals surface area contributed by atoms with Crippen LogP contribution in [0.5, 0.6) is 5.75 Å². The van der Waals surface area contributed by atoms with Gasteiger partial charge in [0, 0.05) is 15.3 Å². The molecule has 21 heavy (non-hydrogen) atoms. The van der Waals surface area contributed by atoms with Gasteiger partial charge in [0.15, 0.2) is 12.4 Å². The number of hydrogen-bond acceptors (Lipinski definition) is 4. The van der Waals surface area contributed by atoms with Gasteiger partial charge in [-0.1, -0.05) is 0 Å². The molecule has 0 unspecified atom stereocenters. The van der Waals surface area contributed by atoms with Gasteiger partial charge in [0.25, 0.3) is 5.91 Å². The van der Waals surface area contributed by atoms with E-state index in [4.69, 9.17) is 4.74 Å². The highest BCUT2D eigenvalue weighted by atomic mass is 32.1. The number of carbonyl (C=O) groups is 2. The number of thiophene rings is 1. The lowest BCUT2D eigenvalue weighted by molar-refractivity contribution is -0.118. The summed E-state index contributed by atoms with van der Waals surface area (Å²) in [7, 11) is 0. The normalized spacial score (nSPS) is 13.7. The molecule has 1 aromatic heterocycles. The minimum atomic E-state index is -0.211. The van der Waals surface area contributed by atoms with Gasteiger partial charge in [0.05, 0.1) is 5.69 Å². The summed E-state index contributed by atoms with van der Waals surface area (Å²) in [4.78, 5) is 25.7. The second-order valence-corrected chi connectivity index (χ2v) is 6.01. The zero-order valence-corrected chi connectivity index (χ0v) is 12.2. The number of rotatable bonds is 3. The monoisotopic (exact) mass is 299 g/mol. The molecule has 0 saturated carbocycles. The van der Waals surface area contributed by atoms with Crippen molar-refractivity contribution in [2.24, 2.45) is 0 Å². The fourth-order valence-electron chi connectivity index (χ4n) is 2.03. The van der Waals surface area contributed by atoms with Crippen molar-refractivity contribution < 1.29 is 14.3 Å². The fraction of sp³-hybridized carbons (Fsp3) is 0.125. The summed E-state index contributed by atoms with van der Waals surface area (Å²) in [6.45, 7) is 2.04. The van der Waals surface area contributed by atoms with E-state index in [2.05, 4.69) is 5.32 Å². The zero-order chi connectivity index (χ0) is 14.8. The molecule has 1 aliphatic heterocycles. The number of amides is 1. The summed E-state index contributed by atoms with van der Waals surface area (Å²) in [6, 6.07) is 9.03. The van der Waals surface area contributed by atoms with Crippen LogP contribution in [0.3, 0.4) is 0 Å². The first-order valence-corrected chi connectivity index (χ1v) is 7.29. The second-order valence-electron chi connectivity index (χ2n) is 4.69. The molecule has 0 aliphatic carbocycles. The molecule has 106 valence electrons. The summed E-state index contributed by atoms with van der Waals surface area (Å²) >= 11 is 1.63. The first-order valence-electron chi connectivity index (χ1n) is 6.47. The maximum atomic E-state index is 12.2. The number of aryl methyl sites for hydroxylation is 1. The van der Waals surface area contributed by atoms with E-state index < -0.39 is 0 Å². The number of hydrogen-bond donors (Lipinski definition) is 1. The van der Waals surface area contributed by atoms with Crippen molar-refractivity contribution >= 4 is 34.8 Å². The van der Waals surface area contributed by atoms with Crippen LogP contribution >= 0.6 is 11.3 Å². The third-order valence-electron chi connectivity index (χ3n) is 3.06. The average Bonchev–Trinajstić information content (AvgIpc) is 2.89. The number of nitrogens with one attached hydrogen (secondary N) is 1. The molecule has 1 aromatic carbocycles. The Morgan fingerprint density at radius 3 is 2.95 bits per heavy atom. The first kappa shape index (κ1) is 13.6.